The summed E-state index contributed by atoms with van der Waals surface area (Å²) in [4.78, 5) is 17.3. The van der Waals surface area contributed by atoms with Gasteiger partial charge < -0.3 is 10.0 Å². The fourth-order valence-corrected chi connectivity index (χ4v) is 2.39. The molecule has 4 nitrogen and oxygen atoms in total. The molecule has 0 radical (unpaired) electrons. The van der Waals surface area contributed by atoms with Crippen molar-refractivity contribution in [1.82, 2.24) is 4.98 Å². The number of carboxylic acid groups (broad SMARTS) is 1. The predicted octanol–water partition coefficient (Wildman–Crippen LogP) is 1.24. The summed E-state index contributed by atoms with van der Waals surface area (Å²) in [5.41, 5.74) is 0.318. The van der Waals surface area contributed by atoms with Gasteiger partial charge in [0.15, 0.2) is 0 Å². The van der Waals surface area contributed by atoms with Gasteiger partial charge in [0.2, 0.25) is 0 Å². The topological polar surface area (TPSA) is 53.4 Å². The molecule has 2 atom stereocenters. The molecule has 2 heterocycles. The molecule has 2 unspecified atom stereocenters. The van der Waals surface area contributed by atoms with Gasteiger partial charge in [0.1, 0.15) is 11.4 Å². The smallest absolute Gasteiger partial charge is 0.339 e. The summed E-state index contributed by atoms with van der Waals surface area (Å²) in [7, 11) is 0. The molecule has 0 aromatic carbocycles. The molecule has 1 saturated carbocycles. The maximum atomic E-state index is 11.0. The lowest BCUT2D eigenvalue weighted by atomic mass is 10.2. The van der Waals surface area contributed by atoms with Crippen LogP contribution in [0.5, 0.6) is 0 Å². The fraction of sp³-hybridized carbons (Fsp3) is 0.455. The number of carbonyl (C=O) groups is 1. The number of nitrogens with zero attached hydrogens (tertiary/aromatic N) is 2. The SMILES string of the molecule is O=C(O)c1cccnc1N1CC2CC2C1. The van der Waals surface area contributed by atoms with Crippen LogP contribution in [-0.2, 0) is 0 Å². The van der Waals surface area contributed by atoms with Gasteiger partial charge in [0.05, 0.1) is 0 Å². The number of pyridine rings is 1. The monoisotopic (exact) mass is 204 g/mol. The van der Waals surface area contributed by atoms with E-state index >= 15 is 0 Å². The van der Waals surface area contributed by atoms with Crippen LogP contribution in [0.25, 0.3) is 0 Å². The minimum Gasteiger partial charge on any atom is -0.478 e. The molecule has 3 rings (SSSR count). The van der Waals surface area contributed by atoms with E-state index in [4.69, 9.17) is 5.11 Å². The van der Waals surface area contributed by atoms with Crippen molar-refractivity contribution in [3.8, 4) is 0 Å². The number of hydrogen-bond acceptors (Lipinski definition) is 3. The molecule has 0 spiro atoms. The Morgan fingerprint density at radius 1 is 1.47 bits per heavy atom. The zero-order valence-electron chi connectivity index (χ0n) is 8.26. The first kappa shape index (κ1) is 8.71. The average Bonchev–Trinajstić information content (AvgIpc) is 2.86. The molecule has 15 heavy (non-hydrogen) atoms. The third-order valence-corrected chi connectivity index (χ3v) is 3.30. The molecule has 1 aliphatic heterocycles. The van der Waals surface area contributed by atoms with Crippen LogP contribution in [0.15, 0.2) is 18.3 Å². The lowest BCUT2D eigenvalue weighted by molar-refractivity contribution is 0.0697. The highest BCUT2D eigenvalue weighted by Gasteiger charge is 2.46. The Balaban J connectivity index is 1.93. The minimum atomic E-state index is -0.890. The second-order valence-electron chi connectivity index (χ2n) is 4.34. The Morgan fingerprint density at radius 3 is 2.87 bits per heavy atom. The Bertz CT molecular complexity index is 409. The summed E-state index contributed by atoms with van der Waals surface area (Å²) in [5, 5.41) is 9.04. The Hall–Kier alpha value is -1.58. The molecule has 2 fully saturated rings. The third kappa shape index (κ3) is 1.37. The number of anilines is 1. The summed E-state index contributed by atoms with van der Waals surface area (Å²) in [6.07, 6.45) is 2.97. The molecule has 78 valence electrons. The van der Waals surface area contributed by atoms with Gasteiger partial charge in [-0.25, -0.2) is 9.78 Å². The standard InChI is InChI=1S/C11H12N2O2/c14-11(15)9-2-1-3-12-10(9)13-5-7-4-8(7)6-13/h1-3,7-8H,4-6H2,(H,14,15). The number of piperidine rings is 1. The number of rotatable bonds is 2. The van der Waals surface area contributed by atoms with Gasteiger partial charge in [-0.05, 0) is 30.4 Å². The van der Waals surface area contributed by atoms with Crippen molar-refractivity contribution in [2.45, 2.75) is 6.42 Å². The Morgan fingerprint density at radius 2 is 2.20 bits per heavy atom. The van der Waals surface area contributed by atoms with E-state index in [1.807, 2.05) is 0 Å². The minimum absolute atomic E-state index is 0.318. The van der Waals surface area contributed by atoms with Crippen LogP contribution in [0.2, 0.25) is 0 Å². The van der Waals surface area contributed by atoms with E-state index < -0.39 is 5.97 Å². The van der Waals surface area contributed by atoms with Crippen molar-refractivity contribution in [2.75, 3.05) is 18.0 Å². The molecule has 1 aliphatic carbocycles. The zero-order chi connectivity index (χ0) is 10.4. The first-order valence-electron chi connectivity index (χ1n) is 5.19. The van der Waals surface area contributed by atoms with E-state index in [0.717, 1.165) is 24.9 Å². The zero-order valence-corrected chi connectivity index (χ0v) is 8.26. The highest BCUT2D eigenvalue weighted by molar-refractivity contribution is 5.93. The van der Waals surface area contributed by atoms with E-state index in [1.165, 1.54) is 6.42 Å². The quantitative estimate of drug-likeness (QED) is 0.787. The molecule has 0 amide bonds. The summed E-state index contributed by atoms with van der Waals surface area (Å²) in [6, 6.07) is 3.29. The van der Waals surface area contributed by atoms with Crippen molar-refractivity contribution < 1.29 is 9.90 Å². The molecule has 4 heteroatoms. The number of fused-ring (bicyclic) bond motifs is 1. The van der Waals surface area contributed by atoms with E-state index in [2.05, 4.69) is 9.88 Å². The molecule has 0 bridgehead atoms. The highest BCUT2D eigenvalue weighted by atomic mass is 16.4. The molecule has 2 aliphatic rings. The summed E-state index contributed by atoms with van der Waals surface area (Å²) in [5.74, 6) is 1.32. The van der Waals surface area contributed by atoms with Crippen LogP contribution in [0.4, 0.5) is 5.82 Å². The normalized spacial score (nSPS) is 27.6. The highest BCUT2D eigenvalue weighted by Crippen LogP contribution is 2.46. The van der Waals surface area contributed by atoms with Crippen molar-refractivity contribution in [3.05, 3.63) is 23.9 Å². The van der Waals surface area contributed by atoms with E-state index in [9.17, 15) is 4.79 Å². The van der Waals surface area contributed by atoms with Crippen LogP contribution in [0, 0.1) is 11.8 Å². The average molecular weight is 204 g/mol. The summed E-state index contributed by atoms with van der Waals surface area (Å²) < 4.78 is 0. The second kappa shape index (κ2) is 2.95. The fourth-order valence-electron chi connectivity index (χ4n) is 2.39. The third-order valence-electron chi connectivity index (χ3n) is 3.30. The molecular formula is C11H12N2O2. The van der Waals surface area contributed by atoms with Gasteiger partial charge >= 0.3 is 5.97 Å². The molecule has 1 saturated heterocycles. The second-order valence-corrected chi connectivity index (χ2v) is 4.34. The lowest BCUT2D eigenvalue weighted by Gasteiger charge is -2.20. The first-order chi connectivity index (χ1) is 7.25. The van der Waals surface area contributed by atoms with Crippen molar-refractivity contribution in [3.63, 3.8) is 0 Å². The molecule has 1 aromatic heterocycles. The van der Waals surface area contributed by atoms with Gasteiger partial charge in [0.25, 0.3) is 0 Å². The van der Waals surface area contributed by atoms with Crippen LogP contribution in [-0.4, -0.2) is 29.1 Å². The first-order valence-corrected chi connectivity index (χ1v) is 5.19. The number of aromatic nitrogens is 1. The molecule has 1 aromatic rings. The van der Waals surface area contributed by atoms with Crippen LogP contribution in [0.3, 0.4) is 0 Å². The summed E-state index contributed by atoms with van der Waals surface area (Å²) in [6.45, 7) is 1.95. The van der Waals surface area contributed by atoms with E-state index in [0.29, 0.717) is 11.4 Å². The van der Waals surface area contributed by atoms with E-state index in [-0.39, 0.29) is 0 Å². The van der Waals surface area contributed by atoms with Crippen molar-refractivity contribution >= 4 is 11.8 Å². The van der Waals surface area contributed by atoms with Gasteiger partial charge in [-0.3, -0.25) is 0 Å². The van der Waals surface area contributed by atoms with Crippen molar-refractivity contribution in [2.24, 2.45) is 11.8 Å². The maximum absolute atomic E-state index is 11.0. The molecular weight excluding hydrogens is 192 g/mol. The maximum Gasteiger partial charge on any atom is 0.339 e. The molecule has 1 N–H and O–H groups in total. The van der Waals surface area contributed by atoms with Crippen molar-refractivity contribution in [1.29, 1.82) is 0 Å². The van der Waals surface area contributed by atoms with Gasteiger partial charge in [-0.15, -0.1) is 0 Å². The largest absolute Gasteiger partial charge is 0.478 e. The number of carboxylic acids is 1. The van der Waals surface area contributed by atoms with Gasteiger partial charge in [-0.1, -0.05) is 0 Å². The summed E-state index contributed by atoms with van der Waals surface area (Å²) >= 11 is 0. The lowest BCUT2D eigenvalue weighted by Crippen LogP contribution is -2.25. The Kier molecular flexibility index (Phi) is 1.71. The predicted molar refractivity (Wildman–Crippen MR) is 55.0 cm³/mol. The van der Waals surface area contributed by atoms with Crippen LogP contribution >= 0.6 is 0 Å². The van der Waals surface area contributed by atoms with E-state index in [1.54, 1.807) is 18.3 Å². The van der Waals surface area contributed by atoms with Gasteiger partial charge in [0, 0.05) is 19.3 Å². The number of aromatic carboxylic acids is 1. The number of hydrogen-bond donors (Lipinski definition) is 1. The van der Waals surface area contributed by atoms with Crippen LogP contribution < -0.4 is 4.90 Å². The van der Waals surface area contributed by atoms with Gasteiger partial charge in [-0.2, -0.15) is 0 Å². The Labute approximate surface area is 87.5 Å². The van der Waals surface area contributed by atoms with Crippen LogP contribution in [0.1, 0.15) is 16.8 Å².